The van der Waals surface area contributed by atoms with Crippen molar-refractivity contribution in [2.75, 3.05) is 18.4 Å². The number of rotatable bonds is 2. The molecule has 6 nitrogen and oxygen atoms in total. The number of anilines is 1. The van der Waals surface area contributed by atoms with Gasteiger partial charge in [0.15, 0.2) is 0 Å². The van der Waals surface area contributed by atoms with E-state index < -0.39 is 17.5 Å². The second-order valence-electron chi connectivity index (χ2n) is 7.57. The average Bonchev–Trinajstić information content (AvgIpc) is 2.80. The van der Waals surface area contributed by atoms with Gasteiger partial charge in [0.1, 0.15) is 10.8 Å². The maximum Gasteiger partial charge on any atom is 0.407 e. The Hall–Kier alpha value is -1.44. The third-order valence-electron chi connectivity index (χ3n) is 4.92. The van der Waals surface area contributed by atoms with E-state index in [0.717, 1.165) is 11.3 Å². The van der Waals surface area contributed by atoms with Gasteiger partial charge in [0.25, 0.3) is 0 Å². The molecule has 2 atom stereocenters. The standard InChI is InChI=1S/C17H25N3O3S/c1-16(2,3)24(23)19-14-12-6-4-5-7-13(12)18-17(14)8-10-20(11-9-17)15(21)22/h4-7,14,18-19H,8-11H2,1-3H3,(H,21,22)/t14-,24+/m0/s1. The van der Waals surface area contributed by atoms with Crippen LogP contribution in [0.1, 0.15) is 45.2 Å². The highest BCUT2D eigenvalue weighted by atomic mass is 32.2. The van der Waals surface area contributed by atoms with Gasteiger partial charge in [-0.25, -0.2) is 4.79 Å². The van der Waals surface area contributed by atoms with Crippen LogP contribution in [0, 0.1) is 0 Å². The van der Waals surface area contributed by atoms with Crippen LogP contribution in [-0.2, 0) is 11.4 Å². The number of piperidine rings is 1. The third-order valence-corrected chi connectivity index (χ3v) is 6.48. The fraction of sp³-hybridized carbons (Fsp3) is 0.588. The molecule has 1 saturated heterocycles. The summed E-state index contributed by atoms with van der Waals surface area (Å²) < 4.78 is 15.7. The first-order chi connectivity index (χ1) is 11.2. The lowest BCUT2D eigenvalue weighted by atomic mass is 9.81. The number of hydrogen-bond acceptors (Lipinski definition) is 4. The number of nitrogens with one attached hydrogen (secondary N) is 2. The molecule has 3 rings (SSSR count). The van der Waals surface area contributed by atoms with Gasteiger partial charge in [-0.05, 0) is 45.2 Å². The molecule has 0 unspecified atom stereocenters. The van der Waals surface area contributed by atoms with Crippen LogP contribution in [0.4, 0.5) is 10.5 Å². The molecule has 1 aromatic carbocycles. The first kappa shape index (κ1) is 17.4. The molecule has 2 aliphatic heterocycles. The lowest BCUT2D eigenvalue weighted by Gasteiger charge is -2.43. The van der Waals surface area contributed by atoms with Crippen LogP contribution < -0.4 is 10.0 Å². The zero-order valence-corrected chi connectivity index (χ0v) is 15.2. The van der Waals surface area contributed by atoms with Crippen molar-refractivity contribution in [2.24, 2.45) is 0 Å². The highest BCUT2D eigenvalue weighted by Crippen LogP contribution is 2.47. The molecular formula is C17H25N3O3S. The summed E-state index contributed by atoms with van der Waals surface area (Å²) in [4.78, 5) is 12.7. The van der Waals surface area contributed by atoms with E-state index in [1.54, 1.807) is 0 Å². The van der Waals surface area contributed by atoms with Gasteiger partial charge in [-0.3, -0.25) is 0 Å². The number of hydrogen-bond donors (Lipinski definition) is 3. The topological polar surface area (TPSA) is 87.7 Å². The Kier molecular flexibility index (Phi) is 4.44. The Morgan fingerprint density at radius 3 is 2.58 bits per heavy atom. The van der Waals surface area contributed by atoms with Crippen LogP contribution in [0.5, 0.6) is 0 Å². The molecule has 7 heteroatoms. The van der Waals surface area contributed by atoms with E-state index in [0.29, 0.717) is 25.9 Å². The summed E-state index contributed by atoms with van der Waals surface area (Å²) in [6.45, 7) is 6.81. The lowest BCUT2D eigenvalue weighted by Crippen LogP contribution is -2.56. The molecule has 2 heterocycles. The van der Waals surface area contributed by atoms with Gasteiger partial charge in [-0.15, -0.1) is 4.72 Å². The molecule has 0 aliphatic carbocycles. The largest absolute Gasteiger partial charge is 0.598 e. The molecular weight excluding hydrogens is 326 g/mol. The number of carboxylic acid groups (broad SMARTS) is 1. The predicted molar refractivity (Wildman–Crippen MR) is 95.4 cm³/mol. The molecule has 1 amide bonds. The van der Waals surface area contributed by atoms with Crippen molar-refractivity contribution in [2.45, 2.75) is 49.9 Å². The van der Waals surface area contributed by atoms with Crippen LogP contribution in [-0.4, -0.2) is 44.0 Å². The van der Waals surface area contributed by atoms with Gasteiger partial charge < -0.3 is 19.9 Å². The Morgan fingerprint density at radius 1 is 1.38 bits per heavy atom. The lowest BCUT2D eigenvalue weighted by molar-refractivity contribution is 0.116. The fourth-order valence-electron chi connectivity index (χ4n) is 3.47. The average molecular weight is 351 g/mol. The first-order valence-electron chi connectivity index (χ1n) is 8.26. The number of benzene rings is 1. The molecule has 24 heavy (non-hydrogen) atoms. The zero-order chi connectivity index (χ0) is 17.5. The van der Waals surface area contributed by atoms with Crippen molar-refractivity contribution < 1.29 is 14.5 Å². The molecule has 1 aromatic rings. The van der Waals surface area contributed by atoms with E-state index in [1.807, 2.05) is 39.0 Å². The molecule has 2 aliphatic rings. The normalized spacial score (nSPS) is 23.7. The van der Waals surface area contributed by atoms with Gasteiger partial charge >= 0.3 is 6.09 Å². The van der Waals surface area contributed by atoms with Gasteiger partial charge in [0.05, 0.1) is 5.54 Å². The molecule has 0 aromatic heterocycles. The highest BCUT2D eigenvalue weighted by Gasteiger charge is 2.50. The summed E-state index contributed by atoms with van der Waals surface area (Å²) >= 11 is -1.20. The minimum atomic E-state index is -1.20. The summed E-state index contributed by atoms with van der Waals surface area (Å²) in [5, 5.41) is 12.8. The smallest absolute Gasteiger partial charge is 0.407 e. The molecule has 3 N–H and O–H groups in total. The maximum absolute atomic E-state index is 12.7. The number of amides is 1. The van der Waals surface area contributed by atoms with Crippen molar-refractivity contribution in [3.63, 3.8) is 0 Å². The molecule has 132 valence electrons. The third kappa shape index (κ3) is 3.08. The number of likely N-dealkylation sites (tertiary alicyclic amines) is 1. The molecule has 1 spiro atoms. The minimum Gasteiger partial charge on any atom is -0.598 e. The maximum atomic E-state index is 12.7. The summed E-state index contributed by atoms with van der Waals surface area (Å²) in [5.41, 5.74) is 1.86. The summed E-state index contributed by atoms with van der Waals surface area (Å²) in [5.74, 6) is 0. The molecule has 0 bridgehead atoms. The Labute approximate surface area is 145 Å². The zero-order valence-electron chi connectivity index (χ0n) is 14.3. The van der Waals surface area contributed by atoms with Gasteiger partial charge in [0.2, 0.25) is 0 Å². The molecule has 1 fully saturated rings. The van der Waals surface area contributed by atoms with Gasteiger partial charge in [-0.1, -0.05) is 18.2 Å². The number of carbonyl (C=O) groups is 1. The van der Waals surface area contributed by atoms with E-state index >= 15 is 0 Å². The predicted octanol–water partition coefficient (Wildman–Crippen LogP) is 2.72. The van der Waals surface area contributed by atoms with Crippen molar-refractivity contribution in [1.29, 1.82) is 0 Å². The van der Waals surface area contributed by atoms with E-state index in [-0.39, 0.29) is 16.3 Å². The number of nitrogens with zero attached hydrogens (tertiary/aromatic N) is 1. The van der Waals surface area contributed by atoms with Gasteiger partial charge in [-0.2, -0.15) is 0 Å². The van der Waals surface area contributed by atoms with E-state index in [1.165, 1.54) is 4.90 Å². The van der Waals surface area contributed by atoms with E-state index in [4.69, 9.17) is 0 Å². The van der Waals surface area contributed by atoms with Crippen LogP contribution in [0.25, 0.3) is 0 Å². The van der Waals surface area contributed by atoms with E-state index in [9.17, 15) is 14.5 Å². The van der Waals surface area contributed by atoms with Crippen molar-refractivity contribution in [1.82, 2.24) is 9.62 Å². The van der Waals surface area contributed by atoms with Crippen LogP contribution >= 0.6 is 0 Å². The Morgan fingerprint density at radius 2 is 2.00 bits per heavy atom. The van der Waals surface area contributed by atoms with Crippen molar-refractivity contribution in [3.8, 4) is 0 Å². The summed E-state index contributed by atoms with van der Waals surface area (Å²) in [6, 6.07) is 7.96. The van der Waals surface area contributed by atoms with Crippen molar-refractivity contribution >= 4 is 23.1 Å². The van der Waals surface area contributed by atoms with Crippen LogP contribution in [0.3, 0.4) is 0 Å². The SMILES string of the molecule is CC(C)(C)[S@@+]([O-])N[C@H]1c2ccccc2NC12CCN(C(=O)O)CC2. The van der Waals surface area contributed by atoms with Crippen LogP contribution in [0.15, 0.2) is 24.3 Å². The second-order valence-corrected chi connectivity index (χ2v) is 9.57. The molecule has 0 saturated carbocycles. The van der Waals surface area contributed by atoms with Crippen molar-refractivity contribution in [3.05, 3.63) is 29.8 Å². The van der Waals surface area contributed by atoms with Crippen LogP contribution in [0.2, 0.25) is 0 Å². The summed E-state index contributed by atoms with van der Waals surface area (Å²) in [7, 11) is 0. The minimum absolute atomic E-state index is 0.0929. The van der Waals surface area contributed by atoms with Gasteiger partial charge in [0, 0.05) is 30.1 Å². The summed E-state index contributed by atoms with van der Waals surface area (Å²) in [6.07, 6.45) is 0.503. The molecule has 0 radical (unpaired) electrons. The highest BCUT2D eigenvalue weighted by molar-refractivity contribution is 7.90. The quantitative estimate of drug-likeness (QED) is 0.713. The second kappa shape index (κ2) is 6.13. The Balaban J connectivity index is 1.87. The first-order valence-corrected chi connectivity index (χ1v) is 9.41. The number of fused-ring (bicyclic) bond motifs is 1. The van der Waals surface area contributed by atoms with E-state index in [2.05, 4.69) is 16.1 Å². The monoisotopic (exact) mass is 351 g/mol. The Bertz CT molecular complexity index is 624. The number of para-hydroxylation sites is 1. The fourth-order valence-corrected chi connectivity index (χ4v) is 4.39.